The van der Waals surface area contributed by atoms with Gasteiger partial charge in [0.15, 0.2) is 0 Å². The van der Waals surface area contributed by atoms with Crippen molar-refractivity contribution >= 4 is 0 Å². The monoisotopic (exact) mass is 239 g/mol. The largest absolute Gasteiger partial charge is 0.381 e. The summed E-state index contributed by atoms with van der Waals surface area (Å²) in [6.45, 7) is 4.26. The van der Waals surface area contributed by atoms with Gasteiger partial charge in [-0.2, -0.15) is 0 Å². The smallest absolute Gasteiger partial charge is 0.0468 e. The highest BCUT2D eigenvalue weighted by Gasteiger charge is 2.30. The Morgan fingerprint density at radius 3 is 2.53 bits per heavy atom. The number of hydrogen-bond donors (Lipinski definition) is 1. The van der Waals surface area contributed by atoms with Gasteiger partial charge in [-0.15, -0.1) is 0 Å². The van der Waals surface area contributed by atoms with Crippen LogP contribution in [0.15, 0.2) is 0 Å². The topological polar surface area (TPSA) is 35.2 Å². The first-order valence-corrected chi connectivity index (χ1v) is 7.63. The van der Waals surface area contributed by atoms with Crippen molar-refractivity contribution in [2.75, 3.05) is 13.2 Å². The second-order valence-corrected chi connectivity index (χ2v) is 6.18. The fourth-order valence-electron chi connectivity index (χ4n) is 3.74. The van der Waals surface area contributed by atoms with Crippen molar-refractivity contribution in [2.24, 2.45) is 23.5 Å². The van der Waals surface area contributed by atoms with Gasteiger partial charge in [-0.1, -0.05) is 19.8 Å². The van der Waals surface area contributed by atoms with Gasteiger partial charge in [0.05, 0.1) is 0 Å². The predicted octanol–water partition coefficient (Wildman–Crippen LogP) is 3.35. The molecule has 0 aromatic heterocycles. The van der Waals surface area contributed by atoms with Crippen molar-refractivity contribution in [2.45, 2.75) is 64.3 Å². The average Bonchev–Trinajstić information content (AvgIpc) is 2.35. The van der Waals surface area contributed by atoms with Crippen molar-refractivity contribution < 1.29 is 4.74 Å². The summed E-state index contributed by atoms with van der Waals surface area (Å²) in [4.78, 5) is 0. The third kappa shape index (κ3) is 3.96. The van der Waals surface area contributed by atoms with Crippen LogP contribution in [-0.4, -0.2) is 19.3 Å². The molecule has 2 fully saturated rings. The van der Waals surface area contributed by atoms with Crippen LogP contribution in [0.25, 0.3) is 0 Å². The Kier molecular flexibility index (Phi) is 5.30. The van der Waals surface area contributed by atoms with Crippen molar-refractivity contribution in [3.8, 4) is 0 Å². The van der Waals surface area contributed by atoms with E-state index in [1.54, 1.807) is 0 Å². The van der Waals surface area contributed by atoms with E-state index in [0.717, 1.165) is 31.0 Å². The molecule has 2 heteroatoms. The van der Waals surface area contributed by atoms with Crippen LogP contribution in [0.2, 0.25) is 0 Å². The highest BCUT2D eigenvalue weighted by Crippen LogP contribution is 2.36. The Morgan fingerprint density at radius 1 is 1.06 bits per heavy atom. The molecule has 0 aromatic rings. The van der Waals surface area contributed by atoms with Crippen LogP contribution in [0.4, 0.5) is 0 Å². The van der Waals surface area contributed by atoms with E-state index in [-0.39, 0.29) is 0 Å². The standard InChI is InChI=1S/C15H29NO/c1-2-3-12-4-5-15(16)14(10-12)11-13-6-8-17-9-7-13/h12-15H,2-11,16H2,1H3. The highest BCUT2D eigenvalue weighted by molar-refractivity contribution is 4.84. The van der Waals surface area contributed by atoms with E-state index in [1.807, 2.05) is 0 Å². The first-order chi connectivity index (χ1) is 8.29. The third-order valence-electron chi connectivity index (χ3n) is 4.82. The van der Waals surface area contributed by atoms with E-state index in [9.17, 15) is 0 Å². The maximum absolute atomic E-state index is 6.32. The van der Waals surface area contributed by atoms with Gasteiger partial charge in [0.2, 0.25) is 0 Å². The van der Waals surface area contributed by atoms with Crippen molar-refractivity contribution in [1.82, 2.24) is 0 Å². The zero-order valence-corrected chi connectivity index (χ0v) is 11.4. The molecule has 1 aliphatic heterocycles. The molecule has 0 radical (unpaired) electrons. The number of rotatable bonds is 4. The molecule has 1 heterocycles. The zero-order valence-electron chi connectivity index (χ0n) is 11.4. The minimum atomic E-state index is 0.478. The van der Waals surface area contributed by atoms with Crippen molar-refractivity contribution in [1.29, 1.82) is 0 Å². The summed E-state index contributed by atoms with van der Waals surface area (Å²) in [6.07, 6.45) is 10.7. The van der Waals surface area contributed by atoms with Crippen LogP contribution in [-0.2, 0) is 4.74 Å². The lowest BCUT2D eigenvalue weighted by Crippen LogP contribution is -2.37. The van der Waals surface area contributed by atoms with Gasteiger partial charge in [0.25, 0.3) is 0 Å². The number of ether oxygens (including phenoxy) is 1. The Hall–Kier alpha value is -0.0800. The highest BCUT2D eigenvalue weighted by atomic mass is 16.5. The van der Waals surface area contributed by atoms with Crippen LogP contribution in [0.1, 0.15) is 58.3 Å². The molecule has 2 rings (SSSR count). The summed E-state index contributed by atoms with van der Waals surface area (Å²) < 4.78 is 5.44. The molecule has 1 aliphatic carbocycles. The molecule has 1 saturated carbocycles. The first-order valence-electron chi connectivity index (χ1n) is 7.63. The molecule has 1 saturated heterocycles. The Morgan fingerprint density at radius 2 is 1.82 bits per heavy atom. The van der Waals surface area contributed by atoms with Crippen molar-refractivity contribution in [3.05, 3.63) is 0 Å². The van der Waals surface area contributed by atoms with E-state index < -0.39 is 0 Å². The molecule has 100 valence electrons. The zero-order chi connectivity index (χ0) is 12.1. The maximum Gasteiger partial charge on any atom is 0.0468 e. The molecule has 0 aromatic carbocycles. The summed E-state index contributed by atoms with van der Waals surface area (Å²) >= 11 is 0. The number of hydrogen-bond acceptors (Lipinski definition) is 2. The van der Waals surface area contributed by atoms with Crippen LogP contribution in [0.3, 0.4) is 0 Å². The van der Waals surface area contributed by atoms with Crippen LogP contribution in [0.5, 0.6) is 0 Å². The third-order valence-corrected chi connectivity index (χ3v) is 4.82. The molecule has 17 heavy (non-hydrogen) atoms. The predicted molar refractivity (Wildman–Crippen MR) is 71.9 cm³/mol. The fraction of sp³-hybridized carbons (Fsp3) is 1.00. The molecule has 0 amide bonds. The molecule has 3 atom stereocenters. The Balaban J connectivity index is 1.80. The first kappa shape index (κ1) is 13.4. The summed E-state index contributed by atoms with van der Waals surface area (Å²) in [6, 6.07) is 0.478. The lowest BCUT2D eigenvalue weighted by atomic mass is 9.72. The maximum atomic E-state index is 6.32. The molecule has 2 nitrogen and oxygen atoms in total. The average molecular weight is 239 g/mol. The van der Waals surface area contributed by atoms with Crippen molar-refractivity contribution in [3.63, 3.8) is 0 Å². The molecular formula is C15H29NO. The van der Waals surface area contributed by atoms with Gasteiger partial charge >= 0.3 is 0 Å². The van der Waals surface area contributed by atoms with E-state index in [4.69, 9.17) is 10.5 Å². The van der Waals surface area contributed by atoms with Crippen LogP contribution < -0.4 is 5.73 Å². The van der Waals surface area contributed by atoms with E-state index in [2.05, 4.69) is 6.92 Å². The minimum absolute atomic E-state index is 0.478. The lowest BCUT2D eigenvalue weighted by Gasteiger charge is -2.37. The van der Waals surface area contributed by atoms with Gasteiger partial charge in [0, 0.05) is 19.3 Å². The normalized spacial score (nSPS) is 36.0. The molecule has 3 unspecified atom stereocenters. The van der Waals surface area contributed by atoms with Gasteiger partial charge in [-0.05, 0) is 56.3 Å². The second-order valence-electron chi connectivity index (χ2n) is 6.18. The lowest BCUT2D eigenvalue weighted by molar-refractivity contribution is 0.0518. The Bertz CT molecular complexity index is 213. The molecular weight excluding hydrogens is 210 g/mol. The summed E-state index contributed by atoms with van der Waals surface area (Å²) in [5, 5.41) is 0. The van der Waals surface area contributed by atoms with E-state index in [1.165, 1.54) is 51.4 Å². The SMILES string of the molecule is CCCC1CCC(N)C(CC2CCOCC2)C1. The molecule has 2 N–H and O–H groups in total. The Labute approximate surface area is 106 Å². The van der Waals surface area contributed by atoms with Crippen LogP contribution in [0, 0.1) is 17.8 Å². The molecule has 0 spiro atoms. The molecule has 2 aliphatic rings. The van der Waals surface area contributed by atoms with Gasteiger partial charge < -0.3 is 10.5 Å². The van der Waals surface area contributed by atoms with Gasteiger partial charge in [-0.3, -0.25) is 0 Å². The molecule has 0 bridgehead atoms. The van der Waals surface area contributed by atoms with Gasteiger partial charge in [-0.25, -0.2) is 0 Å². The quantitative estimate of drug-likeness (QED) is 0.816. The van der Waals surface area contributed by atoms with E-state index in [0.29, 0.717) is 6.04 Å². The van der Waals surface area contributed by atoms with Gasteiger partial charge in [0.1, 0.15) is 0 Å². The number of nitrogens with two attached hydrogens (primary N) is 1. The minimum Gasteiger partial charge on any atom is -0.381 e. The van der Waals surface area contributed by atoms with E-state index >= 15 is 0 Å². The fourth-order valence-corrected chi connectivity index (χ4v) is 3.74. The summed E-state index contributed by atoms with van der Waals surface area (Å²) in [7, 11) is 0. The van der Waals surface area contributed by atoms with Crippen LogP contribution >= 0.6 is 0 Å². The summed E-state index contributed by atoms with van der Waals surface area (Å²) in [5.74, 6) is 2.65. The second kappa shape index (κ2) is 6.75. The summed E-state index contributed by atoms with van der Waals surface area (Å²) in [5.41, 5.74) is 6.32.